The molecule has 0 amide bonds. The van der Waals surface area contributed by atoms with Crippen LogP contribution in [0, 0.1) is 17.2 Å². The molecule has 0 spiro atoms. The highest BCUT2D eigenvalue weighted by molar-refractivity contribution is 7.19. The van der Waals surface area contributed by atoms with Crippen molar-refractivity contribution in [1.29, 1.82) is 5.26 Å². The molecule has 5 nitrogen and oxygen atoms in total. The molecular weight excluding hydrogens is 384 g/mol. The van der Waals surface area contributed by atoms with Gasteiger partial charge in [0.1, 0.15) is 5.75 Å². The normalized spacial score (nSPS) is 17.1. The summed E-state index contributed by atoms with van der Waals surface area (Å²) in [5.41, 5.74) is 1.38. The van der Waals surface area contributed by atoms with Crippen molar-refractivity contribution in [1.82, 2.24) is 5.32 Å². The number of nitrogens with one attached hydrogen (secondary N) is 1. The first-order valence-corrected chi connectivity index (χ1v) is 10.5. The number of hydrogen-bond acceptors (Lipinski definition) is 5. The van der Waals surface area contributed by atoms with E-state index in [1.165, 1.54) is 0 Å². The number of carbonyl (C=O) groups is 1. The highest BCUT2D eigenvalue weighted by Gasteiger charge is 2.22. The first-order chi connectivity index (χ1) is 14.1. The third kappa shape index (κ3) is 4.58. The predicted molar refractivity (Wildman–Crippen MR) is 114 cm³/mol. The number of fused-ring (bicyclic) bond motifs is 1. The lowest BCUT2D eigenvalue weighted by molar-refractivity contribution is -0.138. The largest absolute Gasteiger partial charge is 0.493 e. The average molecular weight is 407 g/mol. The van der Waals surface area contributed by atoms with Crippen molar-refractivity contribution in [3.63, 3.8) is 0 Å². The number of nitrogens with zero attached hydrogens (tertiary/aromatic N) is 1. The number of aliphatic carboxylic acids is 1. The van der Waals surface area contributed by atoms with E-state index in [1.807, 2.05) is 42.5 Å². The topological polar surface area (TPSA) is 82.4 Å². The third-order valence-corrected chi connectivity index (χ3v) is 6.47. The Morgan fingerprint density at radius 2 is 2.10 bits per heavy atom. The Hall–Kier alpha value is -2.88. The molecule has 4 rings (SSSR count). The van der Waals surface area contributed by atoms with Gasteiger partial charge in [0.05, 0.1) is 24.2 Å². The molecule has 1 fully saturated rings. The Balaban J connectivity index is 1.47. The third-order valence-electron chi connectivity index (χ3n) is 5.33. The van der Waals surface area contributed by atoms with Gasteiger partial charge in [-0.1, -0.05) is 12.1 Å². The van der Waals surface area contributed by atoms with Gasteiger partial charge >= 0.3 is 5.97 Å². The number of thiophene rings is 1. The fourth-order valence-electron chi connectivity index (χ4n) is 3.68. The van der Waals surface area contributed by atoms with Crippen LogP contribution in [0.1, 0.15) is 28.3 Å². The predicted octanol–water partition coefficient (Wildman–Crippen LogP) is 4.17. The van der Waals surface area contributed by atoms with E-state index in [4.69, 9.17) is 10.00 Å². The van der Waals surface area contributed by atoms with Crippen molar-refractivity contribution in [3.8, 4) is 11.8 Å². The van der Waals surface area contributed by atoms with Gasteiger partial charge < -0.3 is 15.2 Å². The van der Waals surface area contributed by atoms with Crippen LogP contribution in [0.2, 0.25) is 0 Å². The summed E-state index contributed by atoms with van der Waals surface area (Å²) in [6, 6.07) is 17.1. The summed E-state index contributed by atoms with van der Waals surface area (Å²) in [5.74, 6) is -0.149. The van der Waals surface area contributed by atoms with Crippen LogP contribution in [0.25, 0.3) is 10.1 Å². The minimum Gasteiger partial charge on any atom is -0.493 e. The Morgan fingerprint density at radius 3 is 2.79 bits per heavy atom. The smallest absolute Gasteiger partial charge is 0.311 e. The van der Waals surface area contributed by atoms with Crippen molar-refractivity contribution >= 4 is 27.4 Å². The van der Waals surface area contributed by atoms with Crippen LogP contribution in [0.3, 0.4) is 0 Å². The quantitative estimate of drug-likeness (QED) is 0.615. The maximum Gasteiger partial charge on any atom is 0.311 e. The van der Waals surface area contributed by atoms with Crippen LogP contribution >= 0.6 is 11.3 Å². The van der Waals surface area contributed by atoms with Crippen molar-refractivity contribution in [3.05, 3.63) is 64.5 Å². The fraction of sp³-hybridized carbons (Fsp3) is 0.304. The SMILES string of the molecule is N#Cc1ccc2sc(CC(C(=O)O)c3ccc(OCC4CCNC4)cc3)cc2c1. The van der Waals surface area contributed by atoms with Crippen molar-refractivity contribution in [2.24, 2.45) is 5.92 Å². The van der Waals surface area contributed by atoms with E-state index < -0.39 is 11.9 Å². The highest BCUT2D eigenvalue weighted by Crippen LogP contribution is 2.31. The Morgan fingerprint density at radius 1 is 1.28 bits per heavy atom. The van der Waals surface area contributed by atoms with Gasteiger partial charge in [-0.05, 0) is 66.7 Å². The van der Waals surface area contributed by atoms with Crippen molar-refractivity contribution in [2.75, 3.05) is 19.7 Å². The molecule has 0 saturated carbocycles. The van der Waals surface area contributed by atoms with Crippen molar-refractivity contribution < 1.29 is 14.6 Å². The van der Waals surface area contributed by atoms with E-state index in [1.54, 1.807) is 17.4 Å². The number of rotatable bonds is 7. The molecule has 1 saturated heterocycles. The van der Waals surface area contributed by atoms with Gasteiger partial charge in [0.2, 0.25) is 0 Å². The first kappa shape index (κ1) is 19.4. The summed E-state index contributed by atoms with van der Waals surface area (Å²) in [7, 11) is 0. The molecule has 3 aromatic rings. The zero-order valence-electron chi connectivity index (χ0n) is 15.9. The monoisotopic (exact) mass is 406 g/mol. The van der Waals surface area contributed by atoms with Crippen LogP contribution in [0.15, 0.2) is 48.5 Å². The lowest BCUT2D eigenvalue weighted by Crippen LogP contribution is -2.16. The number of benzene rings is 2. The van der Waals surface area contributed by atoms with E-state index in [9.17, 15) is 9.90 Å². The van der Waals surface area contributed by atoms with Crippen LogP contribution < -0.4 is 10.1 Å². The number of nitriles is 1. The second-order valence-corrected chi connectivity index (χ2v) is 8.58. The molecule has 1 aromatic heterocycles. The van der Waals surface area contributed by atoms with Gasteiger partial charge in [0.15, 0.2) is 0 Å². The van der Waals surface area contributed by atoms with Gasteiger partial charge in [-0.2, -0.15) is 5.26 Å². The first-order valence-electron chi connectivity index (χ1n) is 9.71. The van der Waals surface area contributed by atoms with E-state index in [-0.39, 0.29) is 0 Å². The van der Waals surface area contributed by atoms with Gasteiger partial charge in [-0.15, -0.1) is 11.3 Å². The Bertz CT molecular complexity index is 1050. The molecule has 6 heteroatoms. The van der Waals surface area contributed by atoms with Crippen LogP contribution in [0.5, 0.6) is 5.75 Å². The van der Waals surface area contributed by atoms with Gasteiger partial charge in [-0.25, -0.2) is 0 Å². The summed E-state index contributed by atoms with van der Waals surface area (Å²) in [6.45, 7) is 2.72. The summed E-state index contributed by atoms with van der Waals surface area (Å²) in [5, 5.41) is 23.1. The minimum atomic E-state index is -0.842. The van der Waals surface area contributed by atoms with E-state index in [2.05, 4.69) is 11.4 Å². The summed E-state index contributed by atoms with van der Waals surface area (Å²) in [6.07, 6.45) is 1.55. The van der Waals surface area contributed by atoms with Crippen LogP contribution in [-0.4, -0.2) is 30.8 Å². The van der Waals surface area contributed by atoms with Gasteiger partial charge in [0.25, 0.3) is 0 Å². The lowest BCUT2D eigenvalue weighted by atomic mass is 9.95. The molecule has 1 aliphatic rings. The molecule has 2 N–H and O–H groups in total. The molecule has 0 aliphatic carbocycles. The zero-order valence-corrected chi connectivity index (χ0v) is 16.7. The minimum absolute atomic E-state index is 0.421. The maximum atomic E-state index is 11.9. The standard InChI is InChI=1S/C23H22N2O3S/c24-12-15-1-6-22-18(9-15)10-20(29-22)11-21(23(26)27)17-2-4-19(5-3-17)28-14-16-7-8-25-13-16/h1-6,9-10,16,21,25H,7-8,11,13-14H2,(H,26,27). The Kier molecular flexibility index (Phi) is 5.79. The fourth-order valence-corrected chi connectivity index (χ4v) is 4.77. The molecule has 2 aromatic carbocycles. The number of hydrogen-bond donors (Lipinski definition) is 2. The summed E-state index contributed by atoms with van der Waals surface area (Å²) in [4.78, 5) is 12.9. The van der Waals surface area contributed by atoms with Crippen molar-refractivity contribution in [2.45, 2.75) is 18.8 Å². The highest BCUT2D eigenvalue weighted by atomic mass is 32.1. The molecule has 148 valence electrons. The zero-order chi connectivity index (χ0) is 20.2. The maximum absolute atomic E-state index is 11.9. The van der Waals surface area contributed by atoms with Crippen LogP contribution in [0.4, 0.5) is 0 Å². The number of carboxylic acid groups (broad SMARTS) is 1. The molecule has 29 heavy (non-hydrogen) atoms. The summed E-state index contributed by atoms with van der Waals surface area (Å²) < 4.78 is 6.92. The second-order valence-electron chi connectivity index (χ2n) is 7.41. The molecule has 1 aliphatic heterocycles. The molecule has 0 radical (unpaired) electrons. The van der Waals surface area contributed by atoms with E-state index in [0.717, 1.165) is 45.8 Å². The van der Waals surface area contributed by atoms with Gasteiger partial charge in [-0.3, -0.25) is 4.79 Å². The molecular formula is C23H22N2O3S. The number of carboxylic acids is 1. The van der Waals surface area contributed by atoms with E-state index >= 15 is 0 Å². The molecule has 2 heterocycles. The second kappa shape index (κ2) is 8.64. The molecule has 2 unspecified atom stereocenters. The van der Waals surface area contributed by atoms with Gasteiger partial charge in [0, 0.05) is 22.0 Å². The molecule has 0 bridgehead atoms. The van der Waals surface area contributed by atoms with E-state index in [0.29, 0.717) is 24.5 Å². The number of ether oxygens (including phenoxy) is 1. The summed E-state index contributed by atoms with van der Waals surface area (Å²) >= 11 is 1.58. The lowest BCUT2D eigenvalue weighted by Gasteiger charge is -2.14. The Labute approximate surface area is 173 Å². The average Bonchev–Trinajstić information content (AvgIpc) is 3.39. The molecule has 2 atom stereocenters. The van der Waals surface area contributed by atoms with Crippen LogP contribution in [-0.2, 0) is 11.2 Å².